The normalized spacial score (nSPS) is 12.4. The van der Waals surface area contributed by atoms with Gasteiger partial charge in [0.25, 0.3) is 0 Å². The topological polar surface area (TPSA) is 96.2 Å². The van der Waals surface area contributed by atoms with Gasteiger partial charge >= 0.3 is 11.9 Å². The summed E-state index contributed by atoms with van der Waals surface area (Å²) in [7, 11) is 0. The Kier molecular flexibility index (Phi) is 6.48. The van der Waals surface area contributed by atoms with Crippen LogP contribution < -0.4 is 5.69 Å². The molecule has 7 nitrogen and oxygen atoms in total. The first-order valence-corrected chi connectivity index (χ1v) is 11.6. The first-order valence-electron chi connectivity index (χ1n) is 11.2. The summed E-state index contributed by atoms with van der Waals surface area (Å²) < 4.78 is 41.1. The Balaban J connectivity index is 1.65. The second-order valence-corrected chi connectivity index (χ2v) is 8.88. The second-order valence-electron chi connectivity index (χ2n) is 8.45. The third-order valence-corrected chi connectivity index (χ3v) is 6.25. The fourth-order valence-electron chi connectivity index (χ4n) is 4.10. The zero-order chi connectivity index (χ0) is 27.0. The Morgan fingerprint density at radius 1 is 1.00 bits per heavy atom. The van der Waals surface area contributed by atoms with E-state index in [1.807, 2.05) is 12.1 Å². The molecule has 0 unspecified atom stereocenters. The van der Waals surface area contributed by atoms with Crippen LogP contribution in [0.4, 0.5) is 13.2 Å². The number of aliphatic hydroxyl groups is 1. The highest BCUT2D eigenvalue weighted by Crippen LogP contribution is 2.35. The molecule has 3 aromatic heterocycles. The molecule has 3 heterocycles. The predicted octanol–water partition coefficient (Wildman–Crippen LogP) is 5.50. The highest BCUT2D eigenvalue weighted by Gasteiger charge is 2.32. The summed E-state index contributed by atoms with van der Waals surface area (Å²) >= 11 is 6.07. The summed E-state index contributed by atoms with van der Waals surface area (Å²) in [6, 6.07) is 19.4. The molecule has 1 atom stereocenters. The van der Waals surface area contributed by atoms with E-state index in [0.717, 1.165) is 28.1 Å². The number of aromatic nitrogens is 4. The molecule has 0 spiro atoms. The third-order valence-electron chi connectivity index (χ3n) is 5.99. The van der Waals surface area contributed by atoms with Gasteiger partial charge in [-0.25, -0.2) is 13.9 Å². The quantitative estimate of drug-likeness (QED) is 0.300. The molecular weight excluding hydrogens is 519 g/mol. The molecule has 38 heavy (non-hydrogen) atoms. The van der Waals surface area contributed by atoms with Crippen molar-refractivity contribution in [2.45, 2.75) is 18.8 Å². The maximum absolute atomic E-state index is 13.2. The van der Waals surface area contributed by atoms with Gasteiger partial charge in [0.2, 0.25) is 0 Å². The van der Waals surface area contributed by atoms with Crippen LogP contribution in [0.5, 0.6) is 0 Å². The monoisotopic (exact) mass is 535 g/mol. The fraction of sp³-hybridized carbons (Fsp3) is 0.111. The number of hydrogen-bond acceptors (Lipinski definition) is 5. The number of hydrogen-bond donors (Lipinski definition) is 1. The van der Waals surface area contributed by atoms with Crippen LogP contribution in [-0.2, 0) is 12.7 Å². The van der Waals surface area contributed by atoms with Crippen molar-refractivity contribution in [2.75, 3.05) is 0 Å². The van der Waals surface area contributed by atoms with Crippen molar-refractivity contribution in [3.05, 3.63) is 111 Å². The van der Waals surface area contributed by atoms with Crippen molar-refractivity contribution in [3.63, 3.8) is 0 Å². The van der Waals surface area contributed by atoms with Crippen molar-refractivity contribution < 1.29 is 18.3 Å². The molecule has 0 radical (unpaired) electrons. The Hall–Kier alpha value is -4.46. The number of rotatable bonds is 5. The Bertz CT molecular complexity index is 1720. The Morgan fingerprint density at radius 2 is 1.68 bits per heavy atom. The van der Waals surface area contributed by atoms with Crippen LogP contribution in [0.1, 0.15) is 22.9 Å². The average Bonchev–Trinajstić information content (AvgIpc) is 3.23. The summed E-state index contributed by atoms with van der Waals surface area (Å²) in [6.07, 6.45) is -3.20. The molecule has 11 heteroatoms. The lowest BCUT2D eigenvalue weighted by Crippen LogP contribution is -2.21. The molecule has 0 aliphatic heterocycles. The fourth-order valence-corrected chi connectivity index (χ4v) is 4.23. The molecular formula is C27H17ClF3N5O2. The Labute approximate surface area is 218 Å². The van der Waals surface area contributed by atoms with Crippen LogP contribution in [-0.4, -0.2) is 24.3 Å². The molecule has 0 aliphatic rings. The van der Waals surface area contributed by atoms with Crippen molar-refractivity contribution in [2.24, 2.45) is 0 Å². The van der Waals surface area contributed by atoms with E-state index in [0.29, 0.717) is 32.9 Å². The summed E-state index contributed by atoms with van der Waals surface area (Å²) in [6.45, 7) is -0.0886. The number of halogens is 4. The Morgan fingerprint density at radius 3 is 2.29 bits per heavy atom. The molecule has 5 rings (SSSR count). The van der Waals surface area contributed by atoms with Crippen LogP contribution in [0.2, 0.25) is 5.02 Å². The lowest BCUT2D eigenvalue weighted by molar-refractivity contribution is -0.141. The molecule has 0 aliphatic carbocycles. The molecule has 2 aromatic carbocycles. The number of nitrogens with zero attached hydrogens (tertiary/aromatic N) is 5. The van der Waals surface area contributed by atoms with Crippen molar-refractivity contribution in [1.82, 2.24) is 19.2 Å². The van der Waals surface area contributed by atoms with Gasteiger partial charge in [-0.1, -0.05) is 54.1 Å². The lowest BCUT2D eigenvalue weighted by Gasteiger charge is -2.12. The maximum Gasteiger partial charge on any atom is 0.433 e. The van der Waals surface area contributed by atoms with Crippen molar-refractivity contribution >= 4 is 17.2 Å². The zero-order valence-corrected chi connectivity index (χ0v) is 20.1. The summed E-state index contributed by atoms with van der Waals surface area (Å²) in [5.41, 5.74) is 2.42. The zero-order valence-electron chi connectivity index (χ0n) is 19.4. The van der Waals surface area contributed by atoms with E-state index in [1.54, 1.807) is 54.7 Å². The van der Waals surface area contributed by atoms with Gasteiger partial charge in [0.15, 0.2) is 11.8 Å². The largest absolute Gasteiger partial charge is 0.433 e. The van der Waals surface area contributed by atoms with E-state index in [4.69, 9.17) is 16.9 Å². The molecule has 0 saturated carbocycles. The molecule has 5 aromatic rings. The lowest BCUT2D eigenvalue weighted by atomic mass is 9.95. The number of fused-ring (bicyclic) bond motifs is 1. The molecule has 0 amide bonds. The molecule has 1 N–H and O–H groups in total. The first kappa shape index (κ1) is 25.2. The predicted molar refractivity (Wildman–Crippen MR) is 134 cm³/mol. The molecule has 0 fully saturated rings. The van der Waals surface area contributed by atoms with E-state index in [-0.39, 0.29) is 6.54 Å². The van der Waals surface area contributed by atoms with Gasteiger partial charge < -0.3 is 5.11 Å². The highest BCUT2D eigenvalue weighted by molar-refractivity contribution is 6.30. The number of pyridine rings is 2. The second kappa shape index (κ2) is 9.78. The van der Waals surface area contributed by atoms with Gasteiger partial charge in [-0.2, -0.15) is 18.4 Å². The summed E-state index contributed by atoms with van der Waals surface area (Å²) in [5, 5.41) is 24.0. The van der Waals surface area contributed by atoms with Crippen molar-refractivity contribution in [3.8, 4) is 28.3 Å². The number of benzene rings is 2. The minimum absolute atomic E-state index is 0.0886. The molecule has 0 bridgehead atoms. The van der Waals surface area contributed by atoms with Crippen LogP contribution >= 0.6 is 11.6 Å². The van der Waals surface area contributed by atoms with Crippen LogP contribution in [0.3, 0.4) is 0 Å². The van der Waals surface area contributed by atoms with Crippen molar-refractivity contribution in [1.29, 1.82) is 5.26 Å². The SMILES string of the molecule is N#C[C@H](O)c1ccc(-c2c(-c3ccc(Cl)cc3)ccn3c(=O)n(Cc4ccc(C(F)(F)F)nc4)nc23)cc1. The van der Waals surface area contributed by atoms with E-state index < -0.39 is 23.7 Å². The average molecular weight is 536 g/mol. The van der Waals surface area contributed by atoms with Gasteiger partial charge in [-0.15, -0.1) is 5.10 Å². The van der Waals surface area contributed by atoms with Crippen LogP contribution in [0, 0.1) is 11.3 Å². The number of alkyl halides is 3. The van der Waals surface area contributed by atoms with Gasteiger partial charge in [0.05, 0.1) is 12.6 Å². The smallest absolute Gasteiger partial charge is 0.374 e. The minimum Gasteiger partial charge on any atom is -0.374 e. The molecule has 190 valence electrons. The van der Waals surface area contributed by atoms with Crippen LogP contribution in [0.15, 0.2) is 83.9 Å². The standard InChI is InChI=1S/C27H17ClF3N5O2/c28-20-8-6-17(7-9-20)21-11-12-35-25(24(21)19-4-2-18(3-5-19)22(37)13-32)34-36(26(35)38)15-16-1-10-23(33-14-16)27(29,30)31/h1-12,14,22,37H,15H2/t22-/m0/s1. The summed E-state index contributed by atoms with van der Waals surface area (Å²) in [5.74, 6) is 0. The number of nitriles is 1. The van der Waals surface area contributed by atoms with E-state index in [1.165, 1.54) is 10.5 Å². The summed E-state index contributed by atoms with van der Waals surface area (Å²) in [4.78, 5) is 16.6. The van der Waals surface area contributed by atoms with Crippen LogP contribution in [0.25, 0.3) is 27.9 Å². The van der Waals surface area contributed by atoms with Gasteiger partial charge in [-0.05, 0) is 52.1 Å². The maximum atomic E-state index is 13.2. The van der Waals surface area contributed by atoms with E-state index in [2.05, 4.69) is 10.1 Å². The van der Waals surface area contributed by atoms with E-state index >= 15 is 0 Å². The highest BCUT2D eigenvalue weighted by atomic mass is 35.5. The number of aliphatic hydroxyl groups excluding tert-OH is 1. The third kappa shape index (κ3) is 4.77. The van der Waals surface area contributed by atoms with Gasteiger partial charge in [-0.3, -0.25) is 4.98 Å². The van der Waals surface area contributed by atoms with Gasteiger partial charge in [0.1, 0.15) is 5.69 Å². The van der Waals surface area contributed by atoms with Gasteiger partial charge in [0, 0.05) is 23.0 Å². The minimum atomic E-state index is -4.57. The first-order chi connectivity index (χ1) is 18.2. The van der Waals surface area contributed by atoms with E-state index in [9.17, 15) is 23.1 Å². The molecule has 0 saturated heterocycles.